The first-order valence-corrected chi connectivity index (χ1v) is 10.6. The second-order valence-corrected chi connectivity index (χ2v) is 8.33. The van der Waals surface area contributed by atoms with Gasteiger partial charge in [0, 0.05) is 0 Å². The molecule has 0 radical (unpaired) electrons. The molecule has 1 unspecified atom stereocenters. The van der Waals surface area contributed by atoms with Crippen molar-refractivity contribution in [2.24, 2.45) is 0 Å². The van der Waals surface area contributed by atoms with Crippen LogP contribution in [0.15, 0.2) is 0 Å². The fraction of sp³-hybridized carbons (Fsp3) is 1.00. The van der Waals surface area contributed by atoms with Gasteiger partial charge in [-0.1, -0.05) is 0 Å². The Kier molecular flexibility index (Phi) is 9.54. The molecular weight excluding hydrogens is 472 g/mol. The van der Waals surface area contributed by atoms with Gasteiger partial charge in [-0.25, -0.2) is 0 Å². The molecule has 0 saturated carbocycles. The van der Waals surface area contributed by atoms with Gasteiger partial charge in [0.2, 0.25) is 0 Å². The van der Waals surface area contributed by atoms with Crippen LogP contribution in [0.3, 0.4) is 0 Å². The third kappa shape index (κ3) is 5.37. The molecule has 3 heterocycles. The van der Waals surface area contributed by atoms with Gasteiger partial charge in [-0.3, -0.25) is 0 Å². The maximum atomic E-state index is 10.6. The van der Waals surface area contributed by atoms with Gasteiger partial charge in [-0.15, -0.1) is 0 Å². The summed E-state index contributed by atoms with van der Waals surface area (Å²) in [5.74, 6) is 0. The van der Waals surface area contributed by atoms with Gasteiger partial charge in [-0.2, -0.15) is 0 Å². The van der Waals surface area contributed by atoms with Gasteiger partial charge >= 0.3 is 0 Å². The first-order chi connectivity index (χ1) is 16.0. The third-order valence-electron chi connectivity index (χ3n) is 6.10. The van der Waals surface area contributed by atoms with Crippen molar-refractivity contribution in [2.45, 2.75) is 92.1 Å². The van der Waals surface area contributed by atoms with Gasteiger partial charge in [0.1, 0.15) is 73.2 Å². The van der Waals surface area contributed by atoms with E-state index >= 15 is 0 Å². The average molecular weight is 504 g/mol. The van der Waals surface area contributed by atoms with Crippen molar-refractivity contribution in [3.8, 4) is 0 Å². The molecule has 0 aromatic carbocycles. The number of aliphatic hydroxyl groups excluding tert-OH is 11. The minimum absolute atomic E-state index is 0.734. The molecule has 3 fully saturated rings. The summed E-state index contributed by atoms with van der Waals surface area (Å²) < 4.78 is 26.5. The molecule has 16 heteroatoms. The summed E-state index contributed by atoms with van der Waals surface area (Å²) in [7, 11) is 0. The predicted octanol–water partition coefficient (Wildman–Crippen LogP) is -7.57. The van der Waals surface area contributed by atoms with E-state index in [1.54, 1.807) is 0 Å². The summed E-state index contributed by atoms with van der Waals surface area (Å²) >= 11 is 0. The SMILES string of the molecule is OC[C@H]1O[C@@H](O[C@H]2[C@H](O[C@H]3C(O)O[C@H](CO)[C@H](O)[C@@H]3O)O[C@H](CO)[C@H](O)[C@@H]2O)[C@H](O)[C@@H](O)[C@H]1O. The van der Waals surface area contributed by atoms with Crippen molar-refractivity contribution >= 4 is 0 Å². The summed E-state index contributed by atoms with van der Waals surface area (Å²) in [5, 5.41) is 109. The lowest BCUT2D eigenvalue weighted by molar-refractivity contribution is -0.391. The maximum Gasteiger partial charge on any atom is 0.187 e. The molecule has 0 spiro atoms. The van der Waals surface area contributed by atoms with Crippen LogP contribution in [0.5, 0.6) is 0 Å². The van der Waals surface area contributed by atoms with Crippen molar-refractivity contribution in [3.05, 3.63) is 0 Å². The number of aliphatic hydroxyl groups is 11. The molecule has 16 nitrogen and oxygen atoms in total. The molecule has 3 aliphatic heterocycles. The van der Waals surface area contributed by atoms with Gasteiger partial charge in [0.15, 0.2) is 18.9 Å². The van der Waals surface area contributed by atoms with Crippen molar-refractivity contribution in [1.82, 2.24) is 0 Å². The largest absolute Gasteiger partial charge is 0.394 e. The molecule has 3 rings (SSSR count). The van der Waals surface area contributed by atoms with Crippen LogP contribution in [-0.2, 0) is 23.7 Å². The second kappa shape index (κ2) is 11.6. The van der Waals surface area contributed by atoms with E-state index in [-0.39, 0.29) is 0 Å². The molecule has 0 aromatic heterocycles. The Morgan fingerprint density at radius 1 is 0.441 bits per heavy atom. The summed E-state index contributed by atoms with van der Waals surface area (Å²) in [6.07, 6.45) is -25.7. The standard InChI is InChI=1S/C18H32O16/c19-1-4-8(23)11(26)14(16(29)30-4)33-18-15(12(27)9(24)6(3-21)32-18)34-17-13(28)10(25)7(22)5(2-20)31-17/h4-29H,1-3H2/t4-,5-,6-,7+,8+,9+,10+,11+,12+,13-,14-,15-,16?,17+,18+/m1/s1. The Morgan fingerprint density at radius 3 is 1.38 bits per heavy atom. The first kappa shape index (κ1) is 27.9. The lowest BCUT2D eigenvalue weighted by Crippen LogP contribution is -2.66. The number of hydrogen-bond donors (Lipinski definition) is 11. The molecule has 0 aromatic rings. The minimum atomic E-state index is -1.90. The Bertz CT molecular complexity index is 639. The monoisotopic (exact) mass is 504 g/mol. The molecule has 3 aliphatic rings. The smallest absolute Gasteiger partial charge is 0.187 e. The highest BCUT2D eigenvalue weighted by Crippen LogP contribution is 2.32. The highest BCUT2D eigenvalue weighted by atomic mass is 16.8. The van der Waals surface area contributed by atoms with E-state index in [9.17, 15) is 56.2 Å². The molecular formula is C18H32O16. The van der Waals surface area contributed by atoms with Crippen molar-refractivity contribution in [1.29, 1.82) is 0 Å². The van der Waals surface area contributed by atoms with Gasteiger partial charge < -0.3 is 79.9 Å². The van der Waals surface area contributed by atoms with E-state index in [1.165, 1.54) is 0 Å². The van der Waals surface area contributed by atoms with Crippen LogP contribution >= 0.6 is 0 Å². The van der Waals surface area contributed by atoms with Crippen LogP contribution in [0.25, 0.3) is 0 Å². The van der Waals surface area contributed by atoms with Gasteiger partial charge in [0.25, 0.3) is 0 Å². The van der Waals surface area contributed by atoms with E-state index < -0.39 is 112 Å². The quantitative estimate of drug-likeness (QED) is 0.154. The Labute approximate surface area is 192 Å². The van der Waals surface area contributed by atoms with Crippen LogP contribution in [0, 0.1) is 0 Å². The molecule has 200 valence electrons. The van der Waals surface area contributed by atoms with Crippen molar-refractivity contribution < 1.29 is 79.9 Å². The molecule has 11 N–H and O–H groups in total. The highest BCUT2D eigenvalue weighted by Gasteiger charge is 2.53. The molecule has 3 saturated heterocycles. The number of ether oxygens (including phenoxy) is 5. The maximum absolute atomic E-state index is 10.6. The zero-order valence-corrected chi connectivity index (χ0v) is 17.7. The molecule has 0 aliphatic carbocycles. The number of hydrogen-bond acceptors (Lipinski definition) is 16. The summed E-state index contributed by atoms with van der Waals surface area (Å²) in [6, 6.07) is 0. The fourth-order valence-corrected chi connectivity index (χ4v) is 4.02. The molecule has 34 heavy (non-hydrogen) atoms. The molecule has 0 amide bonds. The van der Waals surface area contributed by atoms with Gasteiger partial charge in [-0.05, 0) is 0 Å². The second-order valence-electron chi connectivity index (χ2n) is 8.33. The van der Waals surface area contributed by atoms with Crippen LogP contribution in [-0.4, -0.2) is 168 Å². The summed E-state index contributed by atoms with van der Waals surface area (Å²) in [6.45, 7) is -2.31. The number of rotatable bonds is 7. The minimum Gasteiger partial charge on any atom is -0.394 e. The van der Waals surface area contributed by atoms with E-state index in [4.69, 9.17) is 23.7 Å². The summed E-state index contributed by atoms with van der Waals surface area (Å²) in [4.78, 5) is 0. The Hall–Kier alpha value is -0.640. The summed E-state index contributed by atoms with van der Waals surface area (Å²) in [5.41, 5.74) is 0. The van der Waals surface area contributed by atoms with Crippen molar-refractivity contribution in [3.63, 3.8) is 0 Å². The molecule has 0 bridgehead atoms. The predicted molar refractivity (Wildman–Crippen MR) is 101 cm³/mol. The van der Waals surface area contributed by atoms with Gasteiger partial charge in [0.05, 0.1) is 19.8 Å². The Balaban J connectivity index is 1.82. The first-order valence-electron chi connectivity index (χ1n) is 10.6. The Morgan fingerprint density at radius 2 is 0.853 bits per heavy atom. The van der Waals surface area contributed by atoms with Crippen LogP contribution in [0.4, 0.5) is 0 Å². The van der Waals surface area contributed by atoms with Crippen LogP contribution in [0.2, 0.25) is 0 Å². The fourth-order valence-electron chi connectivity index (χ4n) is 4.02. The van der Waals surface area contributed by atoms with Crippen LogP contribution < -0.4 is 0 Å². The molecule has 15 atom stereocenters. The van der Waals surface area contributed by atoms with E-state index in [0.717, 1.165) is 0 Å². The lowest BCUT2D eigenvalue weighted by atomic mass is 9.96. The lowest BCUT2D eigenvalue weighted by Gasteiger charge is -2.48. The van der Waals surface area contributed by atoms with E-state index in [0.29, 0.717) is 0 Å². The normalized spacial score (nSPS) is 52.5. The zero-order chi connectivity index (χ0) is 25.3. The highest BCUT2D eigenvalue weighted by molar-refractivity contribution is 4.95. The zero-order valence-electron chi connectivity index (χ0n) is 17.7. The van der Waals surface area contributed by atoms with Crippen LogP contribution in [0.1, 0.15) is 0 Å². The average Bonchev–Trinajstić information content (AvgIpc) is 2.83. The third-order valence-corrected chi connectivity index (χ3v) is 6.10. The topological polar surface area (TPSA) is 269 Å². The van der Waals surface area contributed by atoms with E-state index in [1.807, 2.05) is 0 Å². The van der Waals surface area contributed by atoms with Crippen molar-refractivity contribution in [2.75, 3.05) is 19.8 Å². The van der Waals surface area contributed by atoms with E-state index in [2.05, 4.69) is 0 Å².